The molecule has 7 heteroatoms. The summed E-state index contributed by atoms with van der Waals surface area (Å²) in [6.07, 6.45) is 1.41. The van der Waals surface area contributed by atoms with Crippen molar-refractivity contribution in [3.63, 3.8) is 0 Å². The predicted octanol–water partition coefficient (Wildman–Crippen LogP) is 2.16. The Morgan fingerprint density at radius 1 is 1.56 bits per heavy atom. The number of carbonyl (C=O) groups is 1. The maximum absolute atomic E-state index is 13.6. The van der Waals surface area contributed by atoms with Crippen LogP contribution < -0.4 is 11.1 Å². The number of benzene rings is 1. The van der Waals surface area contributed by atoms with Gasteiger partial charge in [0.1, 0.15) is 5.82 Å². The number of hydrogen-bond donors (Lipinski definition) is 2. The van der Waals surface area contributed by atoms with E-state index in [0.29, 0.717) is 16.0 Å². The van der Waals surface area contributed by atoms with E-state index in [1.54, 1.807) is 13.1 Å². The Kier molecular flexibility index (Phi) is 3.33. The van der Waals surface area contributed by atoms with E-state index < -0.39 is 11.7 Å². The minimum absolute atomic E-state index is 0.0712. The van der Waals surface area contributed by atoms with Crippen molar-refractivity contribution in [1.82, 2.24) is 9.78 Å². The Balaban J connectivity index is 2.34. The molecular formula is C11H10BrFN4O. The molecule has 18 heavy (non-hydrogen) atoms. The summed E-state index contributed by atoms with van der Waals surface area (Å²) < 4.78 is 15.4. The van der Waals surface area contributed by atoms with Crippen LogP contribution in [-0.2, 0) is 7.05 Å². The molecule has 2 rings (SSSR count). The summed E-state index contributed by atoms with van der Waals surface area (Å²) in [5, 5.41) is 6.40. The van der Waals surface area contributed by atoms with E-state index in [0.717, 1.165) is 0 Å². The number of nitrogens with one attached hydrogen (secondary N) is 1. The van der Waals surface area contributed by atoms with Gasteiger partial charge < -0.3 is 11.1 Å². The fourth-order valence-electron chi connectivity index (χ4n) is 1.49. The van der Waals surface area contributed by atoms with E-state index >= 15 is 0 Å². The van der Waals surface area contributed by atoms with Crippen LogP contribution in [0.2, 0.25) is 0 Å². The molecule has 3 N–H and O–H groups in total. The van der Waals surface area contributed by atoms with Gasteiger partial charge in [0.05, 0.1) is 17.4 Å². The molecule has 2 aromatic rings. The molecule has 0 atom stereocenters. The Morgan fingerprint density at radius 3 is 2.83 bits per heavy atom. The van der Waals surface area contributed by atoms with Crippen LogP contribution in [-0.4, -0.2) is 15.7 Å². The molecule has 0 saturated heterocycles. The summed E-state index contributed by atoms with van der Waals surface area (Å²) >= 11 is 3.13. The fraction of sp³-hybridized carbons (Fsp3) is 0.0909. The van der Waals surface area contributed by atoms with Crippen LogP contribution in [0.4, 0.5) is 15.9 Å². The molecule has 1 heterocycles. The summed E-state index contributed by atoms with van der Waals surface area (Å²) in [5.41, 5.74) is 5.89. The highest BCUT2D eigenvalue weighted by atomic mass is 79.9. The molecule has 0 saturated carbocycles. The van der Waals surface area contributed by atoms with E-state index in [9.17, 15) is 9.18 Å². The molecule has 0 bridgehead atoms. The number of amides is 1. The molecule has 0 aliphatic rings. The topological polar surface area (TPSA) is 72.9 Å². The molecule has 94 valence electrons. The molecule has 1 aromatic heterocycles. The molecule has 0 unspecified atom stereocenters. The first-order chi connectivity index (χ1) is 8.50. The molecule has 0 radical (unpaired) electrons. The largest absolute Gasteiger partial charge is 0.394 e. The number of carbonyl (C=O) groups excluding carboxylic acids is 1. The Labute approximate surface area is 111 Å². The van der Waals surface area contributed by atoms with E-state index in [1.807, 2.05) is 0 Å². The summed E-state index contributed by atoms with van der Waals surface area (Å²) in [6.45, 7) is 0. The number of aryl methyl sites for hydroxylation is 1. The SMILES string of the molecule is Cn1ncc(N)c1NC(=O)c1c(F)cccc1Br. The van der Waals surface area contributed by atoms with Crippen molar-refractivity contribution in [2.45, 2.75) is 0 Å². The second kappa shape index (κ2) is 4.77. The lowest BCUT2D eigenvalue weighted by atomic mass is 10.2. The van der Waals surface area contributed by atoms with E-state index in [4.69, 9.17) is 5.73 Å². The van der Waals surface area contributed by atoms with Crippen LogP contribution in [0.3, 0.4) is 0 Å². The third kappa shape index (κ3) is 2.21. The van der Waals surface area contributed by atoms with Gasteiger partial charge in [-0.1, -0.05) is 6.07 Å². The Morgan fingerprint density at radius 2 is 2.28 bits per heavy atom. The zero-order chi connectivity index (χ0) is 13.3. The Bertz CT molecular complexity index is 571. The maximum Gasteiger partial charge on any atom is 0.260 e. The standard InChI is InChI=1S/C11H10BrFN4O/c1-17-10(8(14)5-15-17)16-11(18)9-6(12)3-2-4-7(9)13/h2-5H,14H2,1H3,(H,16,18). The quantitative estimate of drug-likeness (QED) is 0.892. The van der Waals surface area contributed by atoms with Crippen molar-refractivity contribution in [1.29, 1.82) is 0 Å². The second-order valence-electron chi connectivity index (χ2n) is 3.62. The molecule has 0 spiro atoms. The molecule has 5 nitrogen and oxygen atoms in total. The van der Waals surface area contributed by atoms with Crippen LogP contribution in [0, 0.1) is 5.82 Å². The van der Waals surface area contributed by atoms with Crippen molar-refractivity contribution in [2.75, 3.05) is 11.1 Å². The number of aromatic nitrogens is 2. The van der Waals surface area contributed by atoms with Gasteiger partial charge in [0.25, 0.3) is 5.91 Å². The number of halogens is 2. The van der Waals surface area contributed by atoms with Gasteiger partial charge in [-0.05, 0) is 28.1 Å². The van der Waals surface area contributed by atoms with E-state index in [2.05, 4.69) is 26.3 Å². The summed E-state index contributed by atoms with van der Waals surface area (Å²) in [7, 11) is 1.63. The number of nitrogens with two attached hydrogens (primary N) is 1. The zero-order valence-corrected chi connectivity index (χ0v) is 11.0. The van der Waals surface area contributed by atoms with Crippen molar-refractivity contribution in [3.05, 3.63) is 40.2 Å². The van der Waals surface area contributed by atoms with Crippen molar-refractivity contribution < 1.29 is 9.18 Å². The molecule has 1 aromatic carbocycles. The maximum atomic E-state index is 13.6. The first-order valence-electron chi connectivity index (χ1n) is 5.03. The smallest absolute Gasteiger partial charge is 0.260 e. The first-order valence-corrected chi connectivity index (χ1v) is 5.83. The van der Waals surface area contributed by atoms with Crippen molar-refractivity contribution >= 4 is 33.3 Å². The highest BCUT2D eigenvalue weighted by Gasteiger charge is 2.17. The lowest BCUT2D eigenvalue weighted by molar-refractivity contribution is 0.102. The molecule has 1 amide bonds. The summed E-state index contributed by atoms with van der Waals surface area (Å²) in [6, 6.07) is 4.31. The second-order valence-corrected chi connectivity index (χ2v) is 4.48. The Hall–Kier alpha value is -1.89. The molecule has 0 aliphatic heterocycles. The predicted molar refractivity (Wildman–Crippen MR) is 69.7 cm³/mol. The van der Waals surface area contributed by atoms with E-state index in [-0.39, 0.29) is 5.56 Å². The van der Waals surface area contributed by atoms with E-state index in [1.165, 1.54) is 23.0 Å². The van der Waals surface area contributed by atoms with Gasteiger partial charge in [-0.2, -0.15) is 5.10 Å². The van der Waals surface area contributed by atoms with Crippen LogP contribution in [0.15, 0.2) is 28.9 Å². The van der Waals surface area contributed by atoms with Crippen molar-refractivity contribution in [2.24, 2.45) is 7.05 Å². The zero-order valence-electron chi connectivity index (χ0n) is 9.45. The van der Waals surface area contributed by atoms with Gasteiger partial charge in [0.15, 0.2) is 5.82 Å². The van der Waals surface area contributed by atoms with Gasteiger partial charge in [0.2, 0.25) is 0 Å². The fourth-order valence-corrected chi connectivity index (χ4v) is 2.01. The van der Waals surface area contributed by atoms with Crippen LogP contribution in [0.1, 0.15) is 10.4 Å². The van der Waals surface area contributed by atoms with Gasteiger partial charge >= 0.3 is 0 Å². The molecule has 0 fully saturated rings. The van der Waals surface area contributed by atoms with Gasteiger partial charge in [-0.3, -0.25) is 9.48 Å². The normalized spacial score (nSPS) is 10.4. The minimum atomic E-state index is -0.609. The average molecular weight is 313 g/mol. The number of hydrogen-bond acceptors (Lipinski definition) is 3. The first kappa shape index (κ1) is 12.6. The summed E-state index contributed by atoms with van der Waals surface area (Å²) in [4.78, 5) is 12.0. The highest BCUT2D eigenvalue weighted by molar-refractivity contribution is 9.10. The van der Waals surface area contributed by atoms with Gasteiger partial charge in [0, 0.05) is 11.5 Å². The summed E-state index contributed by atoms with van der Waals surface area (Å²) in [5.74, 6) is -0.868. The van der Waals surface area contributed by atoms with Crippen molar-refractivity contribution in [3.8, 4) is 0 Å². The third-order valence-corrected chi connectivity index (χ3v) is 3.05. The van der Waals surface area contributed by atoms with Gasteiger partial charge in [-0.15, -0.1) is 0 Å². The average Bonchev–Trinajstić information content (AvgIpc) is 2.60. The molecular weight excluding hydrogens is 303 g/mol. The monoisotopic (exact) mass is 312 g/mol. The number of nitrogens with zero attached hydrogens (tertiary/aromatic N) is 2. The minimum Gasteiger partial charge on any atom is -0.394 e. The number of anilines is 2. The number of rotatable bonds is 2. The van der Waals surface area contributed by atoms with Crippen LogP contribution in [0.25, 0.3) is 0 Å². The number of nitrogen functional groups attached to an aromatic ring is 1. The van der Waals surface area contributed by atoms with Crippen LogP contribution >= 0.6 is 15.9 Å². The van der Waals surface area contributed by atoms with Crippen LogP contribution in [0.5, 0.6) is 0 Å². The third-order valence-electron chi connectivity index (χ3n) is 2.39. The lowest BCUT2D eigenvalue weighted by Gasteiger charge is -2.08. The molecule has 0 aliphatic carbocycles. The highest BCUT2D eigenvalue weighted by Crippen LogP contribution is 2.22. The lowest BCUT2D eigenvalue weighted by Crippen LogP contribution is -2.17. The van der Waals surface area contributed by atoms with Gasteiger partial charge in [-0.25, -0.2) is 4.39 Å².